The highest BCUT2D eigenvalue weighted by molar-refractivity contribution is 5.19. The van der Waals surface area contributed by atoms with Gasteiger partial charge < -0.3 is 4.74 Å². The molecule has 1 aromatic carbocycles. The first-order chi connectivity index (χ1) is 8.13. The Kier molecular flexibility index (Phi) is 12.5. The molecule has 0 spiro atoms. The monoisotopic (exact) mass is 246 g/mol. The van der Waals surface area contributed by atoms with Gasteiger partial charge in [-0.15, -0.1) is 0 Å². The van der Waals surface area contributed by atoms with Crippen molar-refractivity contribution >= 4 is 0 Å². The molecule has 1 aromatic rings. The molecule has 0 radical (unpaired) electrons. The number of halogens is 2. The first-order valence-corrected chi connectivity index (χ1v) is 6.21. The smallest absolute Gasteiger partial charge is 0.126 e. The van der Waals surface area contributed by atoms with Gasteiger partial charge in [-0.2, -0.15) is 0 Å². The summed E-state index contributed by atoms with van der Waals surface area (Å²) in [6, 6.07) is 3.41. The van der Waals surface area contributed by atoms with Gasteiger partial charge in [-0.1, -0.05) is 27.7 Å². The fourth-order valence-electron chi connectivity index (χ4n) is 1.16. The van der Waals surface area contributed by atoms with E-state index in [1.165, 1.54) is 12.1 Å². The lowest BCUT2D eigenvalue weighted by Crippen LogP contribution is -2.00. The van der Waals surface area contributed by atoms with Crippen molar-refractivity contribution in [1.82, 2.24) is 0 Å². The highest BCUT2D eigenvalue weighted by Gasteiger charge is 2.07. The second kappa shape index (κ2) is 11.5. The van der Waals surface area contributed by atoms with Crippen LogP contribution in [-0.2, 0) is 4.74 Å². The van der Waals surface area contributed by atoms with Gasteiger partial charge in [-0.3, -0.25) is 0 Å². The lowest BCUT2D eigenvalue weighted by molar-refractivity contribution is 0.0759. The van der Waals surface area contributed by atoms with Crippen LogP contribution in [0, 0.1) is 11.6 Å². The summed E-state index contributed by atoms with van der Waals surface area (Å²) in [4.78, 5) is 0. The summed E-state index contributed by atoms with van der Waals surface area (Å²) in [5, 5.41) is 0. The van der Waals surface area contributed by atoms with Crippen LogP contribution in [-0.4, -0.2) is 6.61 Å². The molecule has 0 amide bonds. The zero-order valence-electron chi connectivity index (χ0n) is 11.7. The highest BCUT2D eigenvalue weighted by atomic mass is 19.1. The van der Waals surface area contributed by atoms with Gasteiger partial charge in [0.15, 0.2) is 0 Å². The normalized spacial score (nSPS) is 10.6. The van der Waals surface area contributed by atoms with Crippen molar-refractivity contribution in [2.24, 2.45) is 0 Å². The molecule has 3 heteroatoms. The van der Waals surface area contributed by atoms with E-state index in [2.05, 4.69) is 0 Å². The molecule has 0 fully saturated rings. The van der Waals surface area contributed by atoms with Crippen LogP contribution in [0.25, 0.3) is 0 Å². The lowest BCUT2D eigenvalue weighted by Gasteiger charge is -2.11. The van der Waals surface area contributed by atoms with Crippen LogP contribution >= 0.6 is 0 Å². The molecule has 0 aliphatic rings. The summed E-state index contributed by atoms with van der Waals surface area (Å²) < 4.78 is 30.7. The van der Waals surface area contributed by atoms with Crippen molar-refractivity contribution in [2.75, 3.05) is 6.61 Å². The summed E-state index contributed by atoms with van der Waals surface area (Å²) in [5.74, 6) is -1.14. The average molecular weight is 246 g/mol. The van der Waals surface area contributed by atoms with Gasteiger partial charge in [0.1, 0.15) is 11.6 Å². The molecule has 17 heavy (non-hydrogen) atoms. The molecule has 1 rings (SSSR count). The van der Waals surface area contributed by atoms with E-state index in [1.54, 1.807) is 6.92 Å². The molecule has 1 unspecified atom stereocenters. The lowest BCUT2D eigenvalue weighted by atomic mass is 10.1. The topological polar surface area (TPSA) is 9.23 Å². The summed E-state index contributed by atoms with van der Waals surface area (Å²) in [6.45, 7) is 12.1. The van der Waals surface area contributed by atoms with Crippen LogP contribution in [0.5, 0.6) is 0 Å². The Balaban J connectivity index is 0. The van der Waals surface area contributed by atoms with Crippen molar-refractivity contribution < 1.29 is 13.5 Å². The van der Waals surface area contributed by atoms with Gasteiger partial charge in [0.05, 0.1) is 6.10 Å². The molecule has 1 atom stereocenters. The third-order valence-electron chi connectivity index (χ3n) is 1.77. The van der Waals surface area contributed by atoms with E-state index in [0.29, 0.717) is 12.2 Å². The van der Waals surface area contributed by atoms with E-state index in [9.17, 15) is 8.78 Å². The molecular formula is C14H24F2O. The number of hydrogen-bond acceptors (Lipinski definition) is 1. The number of hydrogen-bond donors (Lipinski definition) is 0. The van der Waals surface area contributed by atoms with Gasteiger partial charge in [-0.05, 0) is 31.5 Å². The molecule has 0 aromatic heterocycles. The predicted octanol–water partition coefficient (Wildman–Crippen LogP) is 5.11. The SMILES string of the molecule is CC.CC.CCOC(C)c1cc(F)cc(F)c1. The van der Waals surface area contributed by atoms with Crippen LogP contribution in [0.2, 0.25) is 0 Å². The van der Waals surface area contributed by atoms with E-state index in [0.717, 1.165) is 6.07 Å². The minimum absolute atomic E-state index is 0.268. The van der Waals surface area contributed by atoms with Crippen LogP contribution in [0.3, 0.4) is 0 Å². The summed E-state index contributed by atoms with van der Waals surface area (Å²) in [6.07, 6.45) is -0.268. The van der Waals surface area contributed by atoms with Crippen LogP contribution in [0.1, 0.15) is 53.2 Å². The minimum Gasteiger partial charge on any atom is -0.374 e. The van der Waals surface area contributed by atoms with E-state index in [4.69, 9.17) is 4.74 Å². The highest BCUT2D eigenvalue weighted by Crippen LogP contribution is 2.18. The Bertz CT molecular complexity index is 267. The van der Waals surface area contributed by atoms with Gasteiger partial charge in [-0.25, -0.2) is 8.78 Å². The quantitative estimate of drug-likeness (QED) is 0.719. The van der Waals surface area contributed by atoms with Gasteiger partial charge in [0.2, 0.25) is 0 Å². The molecule has 1 nitrogen and oxygen atoms in total. The molecule has 0 aliphatic carbocycles. The first-order valence-electron chi connectivity index (χ1n) is 6.21. The maximum atomic E-state index is 12.7. The molecule has 0 aliphatic heterocycles. The van der Waals surface area contributed by atoms with Crippen molar-refractivity contribution in [3.63, 3.8) is 0 Å². The average Bonchev–Trinajstić information content (AvgIpc) is 2.33. The Morgan fingerprint density at radius 3 is 1.76 bits per heavy atom. The number of ether oxygens (including phenoxy) is 1. The van der Waals surface area contributed by atoms with Crippen LogP contribution in [0.15, 0.2) is 18.2 Å². The number of rotatable bonds is 3. The minimum atomic E-state index is -0.568. The fourth-order valence-corrected chi connectivity index (χ4v) is 1.16. The zero-order chi connectivity index (χ0) is 13.8. The molecule has 0 heterocycles. The maximum Gasteiger partial charge on any atom is 0.126 e. The second-order valence-electron chi connectivity index (χ2n) is 2.80. The Morgan fingerprint density at radius 2 is 1.41 bits per heavy atom. The van der Waals surface area contributed by atoms with Crippen molar-refractivity contribution in [3.8, 4) is 0 Å². The zero-order valence-corrected chi connectivity index (χ0v) is 11.7. The summed E-state index contributed by atoms with van der Waals surface area (Å²) in [7, 11) is 0. The second-order valence-corrected chi connectivity index (χ2v) is 2.80. The Labute approximate surface area is 104 Å². The number of benzene rings is 1. The Morgan fingerprint density at radius 1 is 1.00 bits per heavy atom. The largest absolute Gasteiger partial charge is 0.374 e. The Hall–Kier alpha value is -0.960. The molecule has 0 N–H and O–H groups in total. The first kappa shape index (κ1) is 18.4. The standard InChI is InChI=1S/C10H12F2O.2C2H6/c1-3-13-7(2)8-4-9(11)6-10(12)5-8;2*1-2/h4-7H,3H2,1-2H3;2*1-2H3. The van der Waals surface area contributed by atoms with E-state index >= 15 is 0 Å². The third-order valence-corrected chi connectivity index (χ3v) is 1.77. The van der Waals surface area contributed by atoms with Gasteiger partial charge in [0, 0.05) is 12.7 Å². The molecular weight excluding hydrogens is 222 g/mol. The van der Waals surface area contributed by atoms with Crippen molar-refractivity contribution in [3.05, 3.63) is 35.4 Å². The van der Waals surface area contributed by atoms with E-state index < -0.39 is 11.6 Å². The summed E-state index contributed by atoms with van der Waals surface area (Å²) in [5.41, 5.74) is 0.527. The van der Waals surface area contributed by atoms with Crippen molar-refractivity contribution in [1.29, 1.82) is 0 Å². The molecule has 0 bridgehead atoms. The van der Waals surface area contributed by atoms with E-state index in [1.807, 2.05) is 34.6 Å². The van der Waals surface area contributed by atoms with Crippen molar-refractivity contribution in [2.45, 2.75) is 47.6 Å². The van der Waals surface area contributed by atoms with Gasteiger partial charge in [0.25, 0.3) is 0 Å². The van der Waals surface area contributed by atoms with Crippen LogP contribution in [0.4, 0.5) is 8.78 Å². The van der Waals surface area contributed by atoms with Gasteiger partial charge >= 0.3 is 0 Å². The predicted molar refractivity (Wildman–Crippen MR) is 69.1 cm³/mol. The fraction of sp³-hybridized carbons (Fsp3) is 0.571. The summed E-state index contributed by atoms with van der Waals surface area (Å²) >= 11 is 0. The van der Waals surface area contributed by atoms with Crippen LogP contribution < -0.4 is 0 Å². The molecule has 100 valence electrons. The third kappa shape index (κ3) is 7.86. The van der Waals surface area contributed by atoms with E-state index in [-0.39, 0.29) is 6.10 Å². The molecule has 0 saturated carbocycles. The molecule has 0 saturated heterocycles. The maximum absolute atomic E-state index is 12.7.